The second-order valence-electron chi connectivity index (χ2n) is 14.4. The highest BCUT2D eigenvalue weighted by Gasteiger charge is 2.52. The normalized spacial score (nSPS) is 21.3. The molecular weight excluding hydrogens is 607 g/mol. The summed E-state index contributed by atoms with van der Waals surface area (Å²) in [5.74, 6) is 1.64. The van der Waals surface area contributed by atoms with Gasteiger partial charge in [-0.15, -0.1) is 10.2 Å². The first-order chi connectivity index (χ1) is 21.7. The predicted molar refractivity (Wildman–Crippen MR) is 177 cm³/mol. The molecule has 2 aliphatic rings. The fraction of sp³-hybridized carbons (Fsp3) is 0.576. The third-order valence-corrected chi connectivity index (χ3v) is 10.1. The summed E-state index contributed by atoms with van der Waals surface area (Å²) in [6, 6.07) is 9.62. The number of amides is 1. The number of fused-ring (bicyclic) bond motifs is 2. The molecule has 0 aliphatic carbocycles. The van der Waals surface area contributed by atoms with E-state index in [4.69, 9.17) is 18.9 Å². The Hall–Kier alpha value is -3.71. The van der Waals surface area contributed by atoms with Gasteiger partial charge in [-0.1, -0.05) is 19.6 Å². The van der Waals surface area contributed by atoms with Gasteiger partial charge in [-0.05, 0) is 70.3 Å². The Morgan fingerprint density at radius 1 is 1.13 bits per heavy atom. The lowest BCUT2D eigenvalue weighted by Gasteiger charge is -2.44. The Morgan fingerprint density at radius 2 is 1.91 bits per heavy atom. The van der Waals surface area contributed by atoms with Gasteiger partial charge in [-0.25, -0.2) is 14.2 Å². The minimum absolute atomic E-state index is 0.0781. The fourth-order valence-electron chi connectivity index (χ4n) is 5.91. The zero-order chi connectivity index (χ0) is 33.2. The number of alkyl halides is 1. The second-order valence-corrected chi connectivity index (χ2v) is 20.0. The number of halogens is 1. The van der Waals surface area contributed by atoms with E-state index in [1.807, 2.05) is 70.2 Å². The molecule has 2 aliphatic heterocycles. The van der Waals surface area contributed by atoms with Crippen molar-refractivity contribution in [2.45, 2.75) is 95.6 Å². The van der Waals surface area contributed by atoms with E-state index in [0.717, 1.165) is 18.0 Å². The molecule has 0 unspecified atom stereocenters. The third kappa shape index (κ3) is 7.98. The van der Waals surface area contributed by atoms with Crippen molar-refractivity contribution in [3.05, 3.63) is 42.7 Å². The maximum absolute atomic E-state index is 16.0. The van der Waals surface area contributed by atoms with Crippen molar-refractivity contribution < 1.29 is 28.1 Å². The summed E-state index contributed by atoms with van der Waals surface area (Å²) in [5.41, 5.74) is 0.676. The molecule has 2 saturated heterocycles. The summed E-state index contributed by atoms with van der Waals surface area (Å²) < 4.78 is 41.2. The Kier molecular flexibility index (Phi) is 9.92. The second kappa shape index (κ2) is 13.6. The topological polar surface area (TPSA) is 104 Å². The van der Waals surface area contributed by atoms with E-state index < -0.39 is 38.0 Å². The van der Waals surface area contributed by atoms with E-state index in [1.54, 1.807) is 21.7 Å². The Balaban J connectivity index is 1.30. The Bertz CT molecular complexity index is 1490. The van der Waals surface area contributed by atoms with Crippen molar-refractivity contribution in [1.29, 1.82) is 0 Å². The molecule has 5 rings (SSSR count). The summed E-state index contributed by atoms with van der Waals surface area (Å²) in [7, 11) is 2.46. The number of rotatable bonds is 11. The van der Waals surface area contributed by atoms with E-state index in [1.165, 1.54) is 0 Å². The number of anilines is 1. The standard InChI is InChI=1S/C33H47FN6O5Si/c1-33(2,3)45-32(41)40-22-9-13-26(40)30(34)27(19-22)39(5)29-14-12-25(36-37-29)24-11-10-23(44-31-35-15-16-38(31)4)20-28(24)43-21-42-17-18-46(6,7)8/h10-12,14-16,20,22,26-27,30H,9,13,17-19,21H2,1-8H3/t22-,26-,27-,30+/m1/s1. The molecule has 0 spiro atoms. The van der Waals surface area contributed by atoms with Crippen LogP contribution in [-0.4, -0.2) is 89.2 Å². The zero-order valence-electron chi connectivity index (χ0n) is 28.2. The molecule has 0 N–H and O–H groups in total. The summed E-state index contributed by atoms with van der Waals surface area (Å²) >= 11 is 0. The van der Waals surface area contributed by atoms with Crippen LogP contribution >= 0.6 is 0 Å². The van der Waals surface area contributed by atoms with E-state index in [-0.39, 0.29) is 12.8 Å². The number of hydrogen-bond donors (Lipinski definition) is 0. The molecule has 11 nitrogen and oxygen atoms in total. The molecular formula is C33H47FN6O5Si. The van der Waals surface area contributed by atoms with Crippen molar-refractivity contribution in [2.24, 2.45) is 7.05 Å². The number of carbonyl (C=O) groups excluding carboxylic acids is 1. The number of hydrogen-bond acceptors (Lipinski definition) is 9. The first-order valence-electron chi connectivity index (χ1n) is 15.9. The largest absolute Gasteiger partial charge is 0.467 e. The number of imidazole rings is 1. The lowest BCUT2D eigenvalue weighted by Crippen LogP contribution is -2.59. The van der Waals surface area contributed by atoms with Crippen molar-refractivity contribution in [2.75, 3.05) is 25.3 Å². The molecule has 1 amide bonds. The molecule has 46 heavy (non-hydrogen) atoms. The van der Waals surface area contributed by atoms with Crippen LogP contribution in [-0.2, 0) is 16.5 Å². The number of piperidine rings is 1. The fourth-order valence-corrected chi connectivity index (χ4v) is 6.67. The van der Waals surface area contributed by atoms with Gasteiger partial charge in [0.05, 0.1) is 17.8 Å². The average molecular weight is 655 g/mol. The smallest absolute Gasteiger partial charge is 0.410 e. The Labute approximate surface area is 272 Å². The molecule has 250 valence electrons. The highest BCUT2D eigenvalue weighted by Crippen LogP contribution is 2.41. The average Bonchev–Trinajstić information content (AvgIpc) is 3.55. The monoisotopic (exact) mass is 654 g/mol. The van der Waals surface area contributed by atoms with Crippen LogP contribution < -0.4 is 14.4 Å². The van der Waals surface area contributed by atoms with Crippen LogP contribution in [0.1, 0.15) is 40.0 Å². The van der Waals surface area contributed by atoms with E-state index >= 15 is 4.39 Å². The molecule has 13 heteroatoms. The molecule has 3 aromatic rings. The van der Waals surface area contributed by atoms with Gasteiger partial charge in [-0.3, -0.25) is 4.90 Å². The molecule has 2 fully saturated rings. The summed E-state index contributed by atoms with van der Waals surface area (Å²) in [4.78, 5) is 20.6. The van der Waals surface area contributed by atoms with Crippen LogP contribution in [0.25, 0.3) is 11.3 Å². The quantitative estimate of drug-likeness (QED) is 0.127. The lowest BCUT2D eigenvalue weighted by atomic mass is 9.94. The summed E-state index contributed by atoms with van der Waals surface area (Å²) in [5, 5.41) is 9.00. The molecule has 4 heterocycles. The molecule has 0 saturated carbocycles. The minimum Gasteiger partial charge on any atom is -0.467 e. The third-order valence-electron chi connectivity index (χ3n) is 8.42. The van der Waals surface area contributed by atoms with Gasteiger partial charge in [-0.2, -0.15) is 0 Å². The van der Waals surface area contributed by atoms with Crippen LogP contribution in [0.15, 0.2) is 42.7 Å². The number of benzene rings is 1. The van der Waals surface area contributed by atoms with Gasteiger partial charge >= 0.3 is 12.1 Å². The van der Waals surface area contributed by atoms with Crippen LogP contribution in [0.5, 0.6) is 17.5 Å². The van der Waals surface area contributed by atoms with Crippen molar-refractivity contribution in [3.8, 4) is 28.8 Å². The summed E-state index contributed by atoms with van der Waals surface area (Å²) in [6.07, 6.45) is 3.65. The molecule has 2 aromatic heterocycles. The maximum Gasteiger partial charge on any atom is 0.410 e. The van der Waals surface area contributed by atoms with Crippen molar-refractivity contribution >= 4 is 20.0 Å². The maximum atomic E-state index is 16.0. The van der Waals surface area contributed by atoms with Gasteiger partial charge in [0.25, 0.3) is 0 Å². The van der Waals surface area contributed by atoms with Gasteiger partial charge in [0.15, 0.2) is 12.6 Å². The van der Waals surface area contributed by atoms with Crippen LogP contribution in [0.2, 0.25) is 25.7 Å². The van der Waals surface area contributed by atoms with E-state index in [2.05, 4.69) is 34.8 Å². The van der Waals surface area contributed by atoms with Gasteiger partial charge in [0.2, 0.25) is 0 Å². The van der Waals surface area contributed by atoms with Crippen LogP contribution in [0.3, 0.4) is 0 Å². The van der Waals surface area contributed by atoms with Crippen molar-refractivity contribution in [1.82, 2.24) is 24.6 Å². The number of aromatic nitrogens is 4. The minimum atomic E-state index is -1.25. The number of carbonyl (C=O) groups is 1. The SMILES string of the molecule is CN(c1ccc(-c2ccc(Oc3nccn3C)cc2OCOCC[Si](C)(C)C)nn1)[C@@H]1C[C@H]2CC[C@H]([C@@H]1F)N2C(=O)OC(C)(C)C. The van der Waals surface area contributed by atoms with Crippen LogP contribution in [0.4, 0.5) is 15.0 Å². The van der Waals surface area contributed by atoms with Crippen LogP contribution in [0, 0.1) is 0 Å². The molecule has 4 atom stereocenters. The van der Waals surface area contributed by atoms with E-state index in [0.29, 0.717) is 48.5 Å². The number of aryl methyl sites for hydroxylation is 1. The Morgan fingerprint density at radius 3 is 2.57 bits per heavy atom. The van der Waals surface area contributed by atoms with Crippen molar-refractivity contribution in [3.63, 3.8) is 0 Å². The molecule has 2 bridgehead atoms. The first-order valence-corrected chi connectivity index (χ1v) is 19.6. The highest BCUT2D eigenvalue weighted by molar-refractivity contribution is 6.76. The lowest BCUT2D eigenvalue weighted by molar-refractivity contribution is -0.0104. The highest BCUT2D eigenvalue weighted by atomic mass is 28.3. The molecule has 1 aromatic carbocycles. The van der Waals surface area contributed by atoms with Gasteiger partial charge < -0.3 is 28.4 Å². The zero-order valence-corrected chi connectivity index (χ0v) is 29.2. The first kappa shape index (κ1) is 33.6. The van der Waals surface area contributed by atoms with E-state index in [9.17, 15) is 4.79 Å². The number of ether oxygens (including phenoxy) is 4. The van der Waals surface area contributed by atoms with Gasteiger partial charge in [0, 0.05) is 58.8 Å². The number of nitrogens with zero attached hydrogens (tertiary/aromatic N) is 6. The predicted octanol–water partition coefficient (Wildman–Crippen LogP) is 6.68. The molecule has 0 radical (unpaired) electrons. The summed E-state index contributed by atoms with van der Waals surface area (Å²) in [6.45, 7) is 13.1. The van der Waals surface area contributed by atoms with Gasteiger partial charge in [0.1, 0.15) is 23.3 Å².